The Morgan fingerprint density at radius 3 is 2.35 bits per heavy atom. The second-order valence-electron chi connectivity index (χ2n) is 6.27. The van der Waals surface area contributed by atoms with Crippen molar-refractivity contribution in [1.29, 1.82) is 0 Å². The molecule has 0 bridgehead atoms. The molecule has 2 aromatic rings. The van der Waals surface area contributed by atoms with Crippen molar-refractivity contribution in [2.24, 2.45) is 7.05 Å². The molecule has 0 N–H and O–H groups in total. The van der Waals surface area contributed by atoms with Crippen LogP contribution in [-0.2, 0) is 23.4 Å². The van der Waals surface area contributed by atoms with Gasteiger partial charge in [-0.2, -0.15) is 0 Å². The summed E-state index contributed by atoms with van der Waals surface area (Å²) >= 11 is 0. The highest BCUT2D eigenvalue weighted by Crippen LogP contribution is 2.26. The largest absolute Gasteiger partial charge is 0.320 e. The number of rotatable bonds is 4. The summed E-state index contributed by atoms with van der Waals surface area (Å²) in [6, 6.07) is 7.20. The fraction of sp³-hybridized carbons (Fsp3) is 0.500. The summed E-state index contributed by atoms with van der Waals surface area (Å²) in [5.74, 6) is 1.55. The van der Waals surface area contributed by atoms with Crippen molar-refractivity contribution in [3.8, 4) is 0 Å². The van der Waals surface area contributed by atoms with Gasteiger partial charge in [0.1, 0.15) is 12.2 Å². The molecule has 124 valence electrons. The molecule has 0 aliphatic carbocycles. The third-order valence-electron chi connectivity index (χ3n) is 4.46. The third kappa shape index (κ3) is 3.79. The molecular formula is C16H22N4O2S. The SMILES string of the molecule is Cn1cnnc1C1CCN(Cc2ccc(S(C)(=O)=O)cc2)CC1. The first-order chi connectivity index (χ1) is 10.9. The fourth-order valence-corrected chi connectivity index (χ4v) is 3.74. The Kier molecular flexibility index (Phi) is 4.50. The fourth-order valence-electron chi connectivity index (χ4n) is 3.11. The normalized spacial score (nSPS) is 17.5. The summed E-state index contributed by atoms with van der Waals surface area (Å²) < 4.78 is 25.0. The molecule has 1 saturated heterocycles. The summed E-state index contributed by atoms with van der Waals surface area (Å²) in [5.41, 5.74) is 1.15. The number of nitrogens with zero attached hydrogens (tertiary/aromatic N) is 4. The van der Waals surface area contributed by atoms with Crippen molar-refractivity contribution in [3.63, 3.8) is 0 Å². The first-order valence-corrected chi connectivity index (χ1v) is 9.68. The smallest absolute Gasteiger partial charge is 0.175 e. The summed E-state index contributed by atoms with van der Waals surface area (Å²) in [5, 5.41) is 8.18. The van der Waals surface area contributed by atoms with Gasteiger partial charge >= 0.3 is 0 Å². The van der Waals surface area contributed by atoms with E-state index >= 15 is 0 Å². The summed E-state index contributed by atoms with van der Waals surface area (Å²) in [4.78, 5) is 2.78. The van der Waals surface area contributed by atoms with Gasteiger partial charge in [0.2, 0.25) is 0 Å². The zero-order valence-electron chi connectivity index (χ0n) is 13.5. The van der Waals surface area contributed by atoms with E-state index in [2.05, 4.69) is 15.1 Å². The van der Waals surface area contributed by atoms with Crippen LogP contribution in [0.3, 0.4) is 0 Å². The minimum Gasteiger partial charge on any atom is -0.320 e. The van der Waals surface area contributed by atoms with Gasteiger partial charge in [-0.3, -0.25) is 4.90 Å². The molecule has 7 heteroatoms. The first-order valence-electron chi connectivity index (χ1n) is 7.79. The number of piperidine rings is 1. The second kappa shape index (κ2) is 6.41. The van der Waals surface area contributed by atoms with E-state index in [1.54, 1.807) is 18.5 Å². The Bertz CT molecular complexity index is 760. The first kappa shape index (κ1) is 16.1. The molecule has 1 fully saturated rings. The Hall–Kier alpha value is -1.73. The van der Waals surface area contributed by atoms with Crippen molar-refractivity contribution in [1.82, 2.24) is 19.7 Å². The average Bonchev–Trinajstić information content (AvgIpc) is 2.94. The molecule has 1 aromatic carbocycles. The molecule has 6 nitrogen and oxygen atoms in total. The number of likely N-dealkylation sites (tertiary alicyclic amines) is 1. The van der Waals surface area contributed by atoms with Crippen LogP contribution in [-0.4, -0.2) is 47.4 Å². The maximum Gasteiger partial charge on any atom is 0.175 e. The predicted molar refractivity (Wildman–Crippen MR) is 87.8 cm³/mol. The lowest BCUT2D eigenvalue weighted by Crippen LogP contribution is -2.33. The van der Waals surface area contributed by atoms with E-state index in [0.717, 1.165) is 43.9 Å². The molecule has 2 heterocycles. The molecular weight excluding hydrogens is 312 g/mol. The van der Waals surface area contributed by atoms with Crippen LogP contribution in [0.25, 0.3) is 0 Å². The van der Waals surface area contributed by atoms with Crippen LogP contribution in [0.1, 0.15) is 30.1 Å². The van der Waals surface area contributed by atoms with E-state index in [9.17, 15) is 8.42 Å². The number of sulfone groups is 1. The molecule has 23 heavy (non-hydrogen) atoms. The Morgan fingerprint density at radius 1 is 1.17 bits per heavy atom. The molecule has 0 unspecified atom stereocenters. The standard InChI is InChI=1S/C16H22N4O2S/c1-19-12-17-18-16(19)14-7-9-20(10-8-14)11-13-3-5-15(6-4-13)23(2,21)22/h3-6,12,14H,7-11H2,1-2H3. The lowest BCUT2D eigenvalue weighted by molar-refractivity contribution is 0.200. The van der Waals surface area contributed by atoms with Gasteiger partial charge in [-0.15, -0.1) is 10.2 Å². The number of aromatic nitrogens is 3. The maximum atomic E-state index is 11.5. The van der Waals surface area contributed by atoms with E-state index in [4.69, 9.17) is 0 Å². The zero-order chi connectivity index (χ0) is 16.4. The highest BCUT2D eigenvalue weighted by atomic mass is 32.2. The van der Waals surface area contributed by atoms with E-state index in [1.165, 1.54) is 6.26 Å². The number of hydrogen-bond donors (Lipinski definition) is 0. The Labute approximate surface area is 137 Å². The van der Waals surface area contributed by atoms with Gasteiger partial charge in [-0.25, -0.2) is 8.42 Å². The van der Waals surface area contributed by atoms with Gasteiger partial charge in [0, 0.05) is 25.8 Å². The molecule has 3 rings (SSSR count). The van der Waals surface area contributed by atoms with Crippen molar-refractivity contribution in [2.45, 2.75) is 30.2 Å². The van der Waals surface area contributed by atoms with Crippen LogP contribution in [0.15, 0.2) is 35.5 Å². The topological polar surface area (TPSA) is 68.1 Å². The molecule has 0 radical (unpaired) electrons. The van der Waals surface area contributed by atoms with Crippen LogP contribution >= 0.6 is 0 Å². The van der Waals surface area contributed by atoms with Crippen LogP contribution in [0.5, 0.6) is 0 Å². The van der Waals surface area contributed by atoms with Crippen LogP contribution in [0, 0.1) is 0 Å². The summed E-state index contributed by atoms with van der Waals surface area (Å²) in [6.45, 7) is 2.90. The van der Waals surface area contributed by atoms with E-state index in [1.807, 2.05) is 23.7 Å². The quantitative estimate of drug-likeness (QED) is 0.849. The maximum absolute atomic E-state index is 11.5. The van der Waals surface area contributed by atoms with Crippen molar-refractivity contribution in [2.75, 3.05) is 19.3 Å². The van der Waals surface area contributed by atoms with E-state index in [-0.39, 0.29) is 0 Å². The lowest BCUT2D eigenvalue weighted by Gasteiger charge is -2.31. The highest BCUT2D eigenvalue weighted by Gasteiger charge is 2.23. The second-order valence-corrected chi connectivity index (χ2v) is 8.28. The number of aryl methyl sites for hydroxylation is 1. The van der Waals surface area contributed by atoms with Gasteiger partial charge in [-0.1, -0.05) is 12.1 Å². The van der Waals surface area contributed by atoms with Crippen LogP contribution in [0.4, 0.5) is 0 Å². The highest BCUT2D eigenvalue weighted by molar-refractivity contribution is 7.90. The zero-order valence-corrected chi connectivity index (χ0v) is 14.3. The number of benzene rings is 1. The molecule has 1 aliphatic heterocycles. The van der Waals surface area contributed by atoms with Crippen molar-refractivity contribution >= 4 is 9.84 Å². The summed E-state index contributed by atoms with van der Waals surface area (Å²) in [7, 11) is -1.13. The van der Waals surface area contributed by atoms with Gasteiger partial charge in [0.05, 0.1) is 4.90 Å². The molecule has 0 spiro atoms. The monoisotopic (exact) mass is 334 g/mol. The van der Waals surface area contributed by atoms with Crippen molar-refractivity contribution in [3.05, 3.63) is 42.0 Å². The minimum atomic E-state index is -3.12. The Morgan fingerprint density at radius 2 is 1.83 bits per heavy atom. The van der Waals surface area contributed by atoms with Gasteiger partial charge in [0.15, 0.2) is 9.84 Å². The lowest BCUT2D eigenvalue weighted by atomic mass is 9.95. The molecule has 1 aliphatic rings. The van der Waals surface area contributed by atoms with Crippen molar-refractivity contribution < 1.29 is 8.42 Å². The van der Waals surface area contributed by atoms with E-state index in [0.29, 0.717) is 10.8 Å². The predicted octanol–water partition coefficient (Wildman–Crippen LogP) is 1.60. The molecule has 0 atom stereocenters. The number of hydrogen-bond acceptors (Lipinski definition) is 5. The van der Waals surface area contributed by atoms with Crippen LogP contribution < -0.4 is 0 Å². The molecule has 1 aromatic heterocycles. The third-order valence-corrected chi connectivity index (χ3v) is 5.59. The average molecular weight is 334 g/mol. The minimum absolute atomic E-state index is 0.377. The van der Waals surface area contributed by atoms with Gasteiger partial charge < -0.3 is 4.57 Å². The van der Waals surface area contributed by atoms with E-state index < -0.39 is 9.84 Å². The van der Waals surface area contributed by atoms with Gasteiger partial charge in [0.25, 0.3) is 0 Å². The molecule has 0 amide bonds. The van der Waals surface area contributed by atoms with Crippen LogP contribution in [0.2, 0.25) is 0 Å². The summed E-state index contributed by atoms with van der Waals surface area (Å²) in [6.07, 6.45) is 5.15. The van der Waals surface area contributed by atoms with Gasteiger partial charge in [-0.05, 0) is 43.6 Å². The molecule has 0 saturated carbocycles. The Balaban J connectivity index is 1.58.